The van der Waals surface area contributed by atoms with E-state index < -0.39 is 0 Å². The van der Waals surface area contributed by atoms with E-state index in [0.717, 1.165) is 38.6 Å². The number of hydrogen-bond acceptors (Lipinski definition) is 2. The van der Waals surface area contributed by atoms with Crippen LogP contribution < -0.4 is 11.1 Å². The molecule has 2 atom stereocenters. The summed E-state index contributed by atoms with van der Waals surface area (Å²) in [5.74, 6) is 2.38. The number of nitrogens with two attached hydrogens (primary N) is 1. The molecule has 164 valence electrons. The van der Waals surface area contributed by atoms with Gasteiger partial charge in [-0.25, -0.2) is 0 Å². The van der Waals surface area contributed by atoms with Crippen LogP contribution in [0.3, 0.4) is 0 Å². The van der Waals surface area contributed by atoms with Gasteiger partial charge in [-0.1, -0.05) is 50.6 Å². The first-order valence-corrected chi connectivity index (χ1v) is 12.5. The summed E-state index contributed by atoms with van der Waals surface area (Å²) < 4.78 is 0. The quantitative estimate of drug-likeness (QED) is 0.705. The normalized spacial score (nSPS) is 44.8. The van der Waals surface area contributed by atoms with E-state index in [-0.39, 0.29) is 10.8 Å². The van der Waals surface area contributed by atoms with E-state index in [2.05, 4.69) is 49.5 Å². The minimum Gasteiger partial charge on any atom is -0.353 e. The zero-order valence-corrected chi connectivity index (χ0v) is 19.0. The SMILES string of the molecule is CCC1(C)C2CC3(C(=O)N[C@H]4CC[C@H](CN)CC4)CC1CC(c1ccccc1)(C2)C3. The molecule has 5 aliphatic carbocycles. The van der Waals surface area contributed by atoms with Gasteiger partial charge in [-0.15, -0.1) is 0 Å². The monoisotopic (exact) mass is 408 g/mol. The van der Waals surface area contributed by atoms with Crippen molar-refractivity contribution in [3.05, 3.63) is 35.9 Å². The molecule has 4 bridgehead atoms. The average molecular weight is 409 g/mol. The Labute approximate surface area is 182 Å². The fraction of sp³-hybridized carbons (Fsp3) is 0.741. The Morgan fingerprint density at radius 2 is 1.67 bits per heavy atom. The molecule has 1 amide bonds. The van der Waals surface area contributed by atoms with Crippen molar-refractivity contribution < 1.29 is 4.79 Å². The Balaban J connectivity index is 1.42. The maximum Gasteiger partial charge on any atom is 0.226 e. The Bertz CT molecular complexity index is 763. The summed E-state index contributed by atoms with van der Waals surface area (Å²) in [7, 11) is 0. The highest BCUT2D eigenvalue weighted by molar-refractivity contribution is 5.84. The molecule has 5 saturated carbocycles. The van der Waals surface area contributed by atoms with Crippen molar-refractivity contribution in [2.75, 3.05) is 6.54 Å². The van der Waals surface area contributed by atoms with Crippen LogP contribution in [-0.4, -0.2) is 18.5 Å². The number of carbonyl (C=O) groups excluding carboxylic acids is 1. The van der Waals surface area contributed by atoms with Gasteiger partial charge in [0.2, 0.25) is 5.91 Å². The number of amides is 1. The van der Waals surface area contributed by atoms with Crippen molar-refractivity contribution in [2.24, 2.45) is 34.3 Å². The van der Waals surface area contributed by atoms with Crippen LogP contribution in [0.2, 0.25) is 0 Å². The lowest BCUT2D eigenvalue weighted by Gasteiger charge is -2.68. The maximum atomic E-state index is 13.9. The number of nitrogens with one attached hydrogen (secondary N) is 1. The first-order valence-electron chi connectivity index (χ1n) is 12.5. The van der Waals surface area contributed by atoms with Gasteiger partial charge in [0.15, 0.2) is 0 Å². The van der Waals surface area contributed by atoms with E-state index in [1.165, 1.54) is 37.7 Å². The zero-order valence-electron chi connectivity index (χ0n) is 19.0. The molecule has 0 aromatic heterocycles. The van der Waals surface area contributed by atoms with Gasteiger partial charge < -0.3 is 11.1 Å². The third-order valence-electron chi connectivity index (χ3n) is 10.2. The molecule has 0 spiro atoms. The van der Waals surface area contributed by atoms with E-state index in [1.807, 2.05) is 0 Å². The highest BCUT2D eigenvalue weighted by Gasteiger charge is 2.66. The van der Waals surface area contributed by atoms with Crippen LogP contribution in [0, 0.1) is 28.6 Å². The predicted molar refractivity (Wildman–Crippen MR) is 122 cm³/mol. The Hall–Kier alpha value is -1.35. The molecule has 2 unspecified atom stereocenters. The minimum atomic E-state index is -0.152. The third-order valence-corrected chi connectivity index (χ3v) is 10.2. The van der Waals surface area contributed by atoms with Gasteiger partial charge in [0.05, 0.1) is 5.41 Å². The molecular weight excluding hydrogens is 368 g/mol. The molecule has 6 rings (SSSR count). The summed E-state index contributed by atoms with van der Waals surface area (Å²) >= 11 is 0. The lowest BCUT2D eigenvalue weighted by Crippen LogP contribution is -2.65. The standard InChI is InChI=1S/C27H40N2O/c1-3-25(2)21-13-26(20-7-5-4-6-8-20)14-22(25)16-27(15-21,18-26)24(30)29-23-11-9-19(17-28)10-12-23/h4-8,19,21-23H,3,9-18,28H2,1-2H3,(H,29,30)/t19-,21?,22?,23-,25?,26?,27?. The molecule has 0 saturated heterocycles. The van der Waals surface area contributed by atoms with Gasteiger partial charge in [0.25, 0.3) is 0 Å². The zero-order chi connectivity index (χ0) is 21.0. The number of rotatable bonds is 5. The molecule has 1 aromatic carbocycles. The number of hydrogen-bond donors (Lipinski definition) is 2. The third kappa shape index (κ3) is 3.06. The van der Waals surface area contributed by atoms with Crippen LogP contribution >= 0.6 is 0 Å². The lowest BCUT2D eigenvalue weighted by molar-refractivity contribution is -0.176. The van der Waals surface area contributed by atoms with Gasteiger partial charge >= 0.3 is 0 Å². The first-order chi connectivity index (χ1) is 14.4. The Morgan fingerprint density at radius 1 is 1.03 bits per heavy atom. The molecule has 3 N–H and O–H groups in total. The average Bonchev–Trinajstić information content (AvgIpc) is 2.78. The van der Waals surface area contributed by atoms with Crippen LogP contribution in [-0.2, 0) is 10.2 Å². The largest absolute Gasteiger partial charge is 0.353 e. The molecule has 5 aliphatic rings. The maximum absolute atomic E-state index is 13.9. The molecule has 3 heteroatoms. The van der Waals surface area contributed by atoms with Crippen molar-refractivity contribution in [1.29, 1.82) is 0 Å². The van der Waals surface area contributed by atoms with E-state index in [0.29, 0.717) is 35.1 Å². The molecule has 0 aliphatic heterocycles. The highest BCUT2D eigenvalue weighted by atomic mass is 16.2. The molecule has 0 radical (unpaired) electrons. The first kappa shape index (κ1) is 20.5. The Kier molecular flexibility index (Phi) is 5.04. The van der Waals surface area contributed by atoms with Crippen molar-refractivity contribution >= 4 is 5.91 Å². The summed E-state index contributed by atoms with van der Waals surface area (Å²) in [6.07, 6.45) is 11.6. The predicted octanol–water partition coefficient (Wildman–Crippen LogP) is 5.18. The van der Waals surface area contributed by atoms with Crippen molar-refractivity contribution in [3.63, 3.8) is 0 Å². The van der Waals surface area contributed by atoms with E-state index in [1.54, 1.807) is 0 Å². The van der Waals surface area contributed by atoms with Gasteiger partial charge in [-0.3, -0.25) is 4.79 Å². The van der Waals surface area contributed by atoms with Crippen LogP contribution in [0.1, 0.15) is 83.6 Å². The second-order valence-corrected chi connectivity index (χ2v) is 11.6. The molecule has 5 fully saturated rings. The second kappa shape index (κ2) is 7.36. The van der Waals surface area contributed by atoms with E-state index in [9.17, 15) is 4.79 Å². The smallest absolute Gasteiger partial charge is 0.226 e. The van der Waals surface area contributed by atoms with E-state index in [4.69, 9.17) is 5.73 Å². The van der Waals surface area contributed by atoms with Crippen molar-refractivity contribution in [3.8, 4) is 0 Å². The summed E-state index contributed by atoms with van der Waals surface area (Å²) in [6, 6.07) is 11.5. The molecule has 0 heterocycles. The van der Waals surface area contributed by atoms with Crippen molar-refractivity contribution in [1.82, 2.24) is 5.32 Å². The summed E-state index contributed by atoms with van der Waals surface area (Å²) in [4.78, 5) is 13.9. The fourth-order valence-electron chi connectivity index (χ4n) is 8.25. The van der Waals surface area contributed by atoms with Gasteiger partial charge in [0.1, 0.15) is 0 Å². The summed E-state index contributed by atoms with van der Waals surface area (Å²) in [6.45, 7) is 5.70. The van der Waals surface area contributed by atoms with Gasteiger partial charge in [0, 0.05) is 6.04 Å². The molecular formula is C27H40N2O. The fourth-order valence-corrected chi connectivity index (χ4v) is 8.25. The topological polar surface area (TPSA) is 55.1 Å². The van der Waals surface area contributed by atoms with E-state index >= 15 is 0 Å². The van der Waals surface area contributed by atoms with Crippen LogP contribution in [0.4, 0.5) is 0 Å². The van der Waals surface area contributed by atoms with Crippen LogP contribution in [0.15, 0.2) is 30.3 Å². The lowest BCUT2D eigenvalue weighted by atomic mass is 9.36. The number of benzene rings is 1. The molecule has 3 nitrogen and oxygen atoms in total. The van der Waals surface area contributed by atoms with Crippen LogP contribution in [0.25, 0.3) is 0 Å². The molecule has 1 aromatic rings. The van der Waals surface area contributed by atoms with Gasteiger partial charge in [-0.05, 0) is 98.5 Å². The highest BCUT2D eigenvalue weighted by Crippen LogP contribution is 2.71. The number of carbonyl (C=O) groups is 1. The Morgan fingerprint density at radius 3 is 2.23 bits per heavy atom. The van der Waals surface area contributed by atoms with Crippen molar-refractivity contribution in [2.45, 2.75) is 89.5 Å². The minimum absolute atomic E-state index is 0.152. The van der Waals surface area contributed by atoms with Crippen LogP contribution in [0.5, 0.6) is 0 Å². The summed E-state index contributed by atoms with van der Waals surface area (Å²) in [5, 5.41) is 3.55. The molecule has 30 heavy (non-hydrogen) atoms. The summed E-state index contributed by atoms with van der Waals surface area (Å²) in [5.41, 5.74) is 7.82. The van der Waals surface area contributed by atoms with Gasteiger partial charge in [-0.2, -0.15) is 0 Å². The second-order valence-electron chi connectivity index (χ2n) is 11.6.